The average Bonchev–Trinajstić information content (AvgIpc) is 3.34. The van der Waals surface area contributed by atoms with E-state index in [0.29, 0.717) is 23.4 Å². The number of hydrogen-bond acceptors (Lipinski definition) is 5. The van der Waals surface area contributed by atoms with Crippen LogP contribution in [0, 0.1) is 11.7 Å². The minimum atomic E-state index is -4.19. The standard InChI is InChI=1S/C28H31FN4O4S/c1-4-33(25-12-10-24(29)11-13-25)28(35)26(18-23-19-30-32(20-23)16-14-21(2)3)27(34)31-38(36,37)17-15-22-8-6-5-7-9-22/h5-15,17,19-20,26H,4,16,18H2,1-3H3,(H,31,34)/b17-15+. The molecule has 0 bridgehead atoms. The average molecular weight is 539 g/mol. The fraction of sp³-hybridized carbons (Fsp3) is 0.250. The van der Waals surface area contributed by atoms with Gasteiger partial charge in [-0.25, -0.2) is 17.5 Å². The zero-order chi connectivity index (χ0) is 27.7. The summed E-state index contributed by atoms with van der Waals surface area (Å²) in [5, 5.41) is 5.16. The van der Waals surface area contributed by atoms with Gasteiger partial charge >= 0.3 is 0 Å². The van der Waals surface area contributed by atoms with Crippen LogP contribution in [0.4, 0.5) is 10.1 Å². The summed E-state index contributed by atoms with van der Waals surface area (Å²) in [7, 11) is -4.19. The molecular weight excluding hydrogens is 507 g/mol. The summed E-state index contributed by atoms with van der Waals surface area (Å²) >= 11 is 0. The van der Waals surface area contributed by atoms with Crippen LogP contribution in [0.3, 0.4) is 0 Å². The highest BCUT2D eigenvalue weighted by atomic mass is 32.2. The molecule has 2 amide bonds. The van der Waals surface area contributed by atoms with Gasteiger partial charge in [-0.15, -0.1) is 0 Å². The van der Waals surface area contributed by atoms with Crippen molar-refractivity contribution in [2.75, 3.05) is 11.4 Å². The molecular formula is C28H31FN4O4S. The molecule has 3 aromatic rings. The maximum Gasteiger partial charge on any atom is 0.257 e. The van der Waals surface area contributed by atoms with Gasteiger partial charge in [-0.3, -0.25) is 14.3 Å². The smallest absolute Gasteiger partial charge is 0.257 e. The van der Waals surface area contributed by atoms with Crippen molar-refractivity contribution in [3.63, 3.8) is 0 Å². The van der Waals surface area contributed by atoms with E-state index in [-0.39, 0.29) is 13.0 Å². The number of sulfonamides is 1. The Hall–Kier alpha value is -4.05. The number of rotatable bonds is 11. The van der Waals surface area contributed by atoms with Gasteiger partial charge in [-0.1, -0.05) is 42.0 Å². The van der Waals surface area contributed by atoms with Crippen LogP contribution in [-0.4, -0.2) is 36.6 Å². The Bertz CT molecular complexity index is 1410. The first-order valence-corrected chi connectivity index (χ1v) is 13.6. The zero-order valence-corrected chi connectivity index (χ0v) is 22.4. The molecule has 1 aromatic heterocycles. The minimum absolute atomic E-state index is 0.0743. The highest BCUT2D eigenvalue weighted by molar-refractivity contribution is 7.93. The predicted octanol–water partition coefficient (Wildman–Crippen LogP) is 4.32. The van der Waals surface area contributed by atoms with E-state index in [9.17, 15) is 22.4 Å². The van der Waals surface area contributed by atoms with Crippen LogP contribution in [0.5, 0.6) is 0 Å². The second kappa shape index (κ2) is 13.0. The van der Waals surface area contributed by atoms with E-state index < -0.39 is 33.6 Å². The first-order chi connectivity index (χ1) is 18.1. The van der Waals surface area contributed by atoms with Crippen molar-refractivity contribution in [3.8, 4) is 0 Å². The Morgan fingerprint density at radius 3 is 2.42 bits per heavy atom. The molecule has 2 aromatic carbocycles. The van der Waals surface area contributed by atoms with E-state index in [1.165, 1.54) is 35.2 Å². The van der Waals surface area contributed by atoms with Crippen molar-refractivity contribution >= 4 is 33.6 Å². The number of amides is 2. The van der Waals surface area contributed by atoms with Gasteiger partial charge in [-0.05, 0) is 68.7 Å². The number of aromatic nitrogens is 2. The van der Waals surface area contributed by atoms with Crippen molar-refractivity contribution in [2.24, 2.45) is 5.92 Å². The van der Waals surface area contributed by atoms with Gasteiger partial charge in [0.25, 0.3) is 10.0 Å². The molecule has 0 radical (unpaired) electrons. The molecule has 0 aliphatic rings. The second-order valence-corrected chi connectivity index (χ2v) is 10.5. The number of benzene rings is 2. The molecule has 1 heterocycles. The van der Waals surface area contributed by atoms with Gasteiger partial charge in [0.2, 0.25) is 11.8 Å². The topological polar surface area (TPSA) is 101 Å². The molecule has 0 saturated heterocycles. The van der Waals surface area contributed by atoms with Gasteiger partial charge in [0.05, 0.1) is 18.1 Å². The van der Waals surface area contributed by atoms with E-state index >= 15 is 0 Å². The summed E-state index contributed by atoms with van der Waals surface area (Å²) in [4.78, 5) is 28.2. The van der Waals surface area contributed by atoms with Gasteiger partial charge in [0, 0.05) is 18.4 Å². The molecule has 1 atom stereocenters. The fourth-order valence-corrected chi connectivity index (χ4v) is 4.50. The molecule has 1 unspecified atom stereocenters. The summed E-state index contributed by atoms with van der Waals surface area (Å²) < 4.78 is 42.5. The van der Waals surface area contributed by atoms with Crippen molar-refractivity contribution in [3.05, 3.63) is 101 Å². The third kappa shape index (κ3) is 8.24. The normalized spacial score (nSPS) is 12.2. The lowest BCUT2D eigenvalue weighted by atomic mass is 9.99. The van der Waals surface area contributed by atoms with Crippen molar-refractivity contribution in [1.29, 1.82) is 0 Å². The maximum absolute atomic E-state index is 13.6. The zero-order valence-electron chi connectivity index (χ0n) is 21.5. The number of hydrogen-bond donors (Lipinski definition) is 1. The molecule has 10 heteroatoms. The lowest BCUT2D eigenvalue weighted by Crippen LogP contribution is -2.46. The SMILES string of the molecule is CCN(C(=O)C(Cc1cnn(CC=C(C)C)c1)C(=O)NS(=O)(=O)/C=C/c1ccccc1)c1ccc(F)cc1. The van der Waals surface area contributed by atoms with Gasteiger partial charge in [-0.2, -0.15) is 5.10 Å². The largest absolute Gasteiger partial charge is 0.312 e. The first kappa shape index (κ1) is 28.5. The molecule has 0 saturated carbocycles. The molecule has 200 valence electrons. The van der Waals surface area contributed by atoms with E-state index in [0.717, 1.165) is 11.0 Å². The third-order valence-electron chi connectivity index (χ3n) is 5.63. The van der Waals surface area contributed by atoms with Crippen molar-refractivity contribution in [1.82, 2.24) is 14.5 Å². The molecule has 38 heavy (non-hydrogen) atoms. The maximum atomic E-state index is 13.6. The number of halogens is 1. The number of carbonyl (C=O) groups excluding carboxylic acids is 2. The van der Waals surface area contributed by atoms with Crippen LogP contribution in [0.1, 0.15) is 31.9 Å². The van der Waals surface area contributed by atoms with Crippen LogP contribution in [0.15, 0.2) is 84.0 Å². The van der Waals surface area contributed by atoms with Crippen LogP contribution < -0.4 is 9.62 Å². The quantitative estimate of drug-likeness (QED) is 0.290. The Balaban J connectivity index is 1.88. The van der Waals surface area contributed by atoms with Gasteiger partial charge in [0.15, 0.2) is 0 Å². The molecule has 0 aliphatic carbocycles. The Labute approximate surface area is 222 Å². The van der Waals surface area contributed by atoms with Crippen LogP contribution in [-0.2, 0) is 32.6 Å². The summed E-state index contributed by atoms with van der Waals surface area (Å²) in [5.41, 5.74) is 2.73. The molecule has 0 fully saturated rings. The summed E-state index contributed by atoms with van der Waals surface area (Å²) in [6.45, 7) is 6.35. The van der Waals surface area contributed by atoms with Crippen LogP contribution >= 0.6 is 0 Å². The Morgan fingerprint density at radius 2 is 1.79 bits per heavy atom. The molecule has 1 N–H and O–H groups in total. The highest BCUT2D eigenvalue weighted by Crippen LogP contribution is 2.20. The number of carbonyl (C=O) groups is 2. The van der Waals surface area contributed by atoms with Crippen molar-refractivity contribution in [2.45, 2.75) is 33.7 Å². The Kier molecular flexibility index (Phi) is 9.72. The first-order valence-electron chi connectivity index (χ1n) is 12.1. The molecule has 8 nitrogen and oxygen atoms in total. The molecule has 0 aliphatic heterocycles. The third-order valence-corrected chi connectivity index (χ3v) is 6.61. The lowest BCUT2D eigenvalue weighted by molar-refractivity contribution is -0.132. The highest BCUT2D eigenvalue weighted by Gasteiger charge is 2.33. The van der Waals surface area contributed by atoms with E-state index in [1.807, 2.05) is 24.6 Å². The van der Waals surface area contributed by atoms with E-state index in [4.69, 9.17) is 0 Å². The lowest BCUT2D eigenvalue weighted by Gasteiger charge is -2.25. The van der Waals surface area contributed by atoms with Gasteiger partial charge in [0.1, 0.15) is 11.7 Å². The monoisotopic (exact) mass is 538 g/mol. The second-order valence-electron chi connectivity index (χ2n) is 8.89. The minimum Gasteiger partial charge on any atom is -0.312 e. The molecule has 3 rings (SSSR count). The summed E-state index contributed by atoms with van der Waals surface area (Å²) in [6.07, 6.45) is 6.52. The Morgan fingerprint density at radius 1 is 1.11 bits per heavy atom. The summed E-state index contributed by atoms with van der Waals surface area (Å²) in [6, 6.07) is 14.0. The van der Waals surface area contributed by atoms with E-state index in [1.54, 1.807) is 54.3 Å². The van der Waals surface area contributed by atoms with Crippen LogP contribution in [0.2, 0.25) is 0 Å². The van der Waals surface area contributed by atoms with Crippen LogP contribution in [0.25, 0.3) is 6.08 Å². The predicted molar refractivity (Wildman–Crippen MR) is 146 cm³/mol. The molecule has 0 spiro atoms. The fourth-order valence-electron chi connectivity index (χ4n) is 3.67. The van der Waals surface area contributed by atoms with E-state index in [2.05, 4.69) is 5.10 Å². The van der Waals surface area contributed by atoms with Crippen molar-refractivity contribution < 1.29 is 22.4 Å². The number of nitrogens with zero attached hydrogens (tertiary/aromatic N) is 3. The number of allylic oxidation sites excluding steroid dienone is 2. The van der Waals surface area contributed by atoms with Gasteiger partial charge < -0.3 is 4.90 Å². The number of nitrogens with one attached hydrogen (secondary N) is 1. The summed E-state index contributed by atoms with van der Waals surface area (Å²) in [5.74, 6) is -3.42. The number of anilines is 1.